The van der Waals surface area contributed by atoms with Crippen LogP contribution in [0.1, 0.15) is 59.7 Å². The molecule has 0 atom stereocenters. The minimum absolute atomic E-state index is 0.0215. The van der Waals surface area contributed by atoms with Crippen molar-refractivity contribution in [1.29, 1.82) is 0 Å². The van der Waals surface area contributed by atoms with E-state index >= 15 is 0 Å². The Bertz CT molecular complexity index is 3270. The van der Waals surface area contributed by atoms with E-state index in [0.717, 1.165) is 77.9 Å². The van der Waals surface area contributed by atoms with Gasteiger partial charge in [-0.3, -0.25) is 0 Å². The zero-order valence-corrected chi connectivity index (χ0v) is 37.1. The molecule has 0 saturated carbocycles. The summed E-state index contributed by atoms with van der Waals surface area (Å²) in [5, 5.41) is 2.24. The van der Waals surface area contributed by atoms with E-state index in [1.165, 1.54) is 61.2 Å². The summed E-state index contributed by atoms with van der Waals surface area (Å²) in [4.78, 5) is 2.47. The topological polar surface area (TPSA) is 25.6 Å². The van der Waals surface area contributed by atoms with E-state index in [1.807, 2.05) is 0 Å². The molecule has 1 aromatic heterocycles. The van der Waals surface area contributed by atoms with Crippen LogP contribution < -0.4 is 20.5 Å². The maximum atomic E-state index is 7.41. The zero-order chi connectivity index (χ0) is 42.8. The minimum atomic E-state index is -0.379. The molecule has 0 aliphatic carbocycles. The third kappa shape index (κ3) is 5.95. The van der Waals surface area contributed by atoms with Gasteiger partial charge in [-0.25, -0.2) is 0 Å². The molecule has 9 aromatic rings. The van der Waals surface area contributed by atoms with Gasteiger partial charge in [0, 0.05) is 44.4 Å². The molecule has 62 heavy (non-hydrogen) atoms. The lowest BCUT2D eigenvalue weighted by Gasteiger charge is -2.40. The van der Waals surface area contributed by atoms with E-state index in [4.69, 9.17) is 9.07 Å². The van der Waals surface area contributed by atoms with Gasteiger partial charge in [0.15, 0.2) is 0 Å². The summed E-state index contributed by atoms with van der Waals surface area (Å²) in [5.41, 5.74) is 25.7. The summed E-state index contributed by atoms with van der Waals surface area (Å²) in [7, 11) is 0. The first-order chi connectivity index (χ1) is 29.8. The number of hydrogen-bond acceptors (Lipinski definition) is 3. The Hall–Kier alpha value is -6.78. The standard InChI is InChI=1S/C58H50BNO2/c1-33-25-35(3)53(36(4)26-33)40-15-20-44(21-16-40)60-49-23-18-42(54-37(5)27-34(2)28-38(54)6)29-48(49)59-56-50(60)32-47-46-31-43(58(7,8)9)19-24-51(46)61-57(47)55(56)45-22-17-41(30-52(45)62-59)39-13-11-10-12-14-39/h10-32H,1-9H3. The van der Waals surface area contributed by atoms with Gasteiger partial charge in [0.1, 0.15) is 16.9 Å². The van der Waals surface area contributed by atoms with E-state index in [2.05, 4.69) is 207 Å². The molecule has 0 saturated heterocycles. The fourth-order valence-electron chi connectivity index (χ4n) is 10.7. The maximum absolute atomic E-state index is 7.41. The van der Waals surface area contributed by atoms with Crippen LogP contribution in [0.15, 0.2) is 144 Å². The first-order valence-corrected chi connectivity index (χ1v) is 21.9. The van der Waals surface area contributed by atoms with Crippen LogP contribution in [0, 0.1) is 41.5 Å². The molecular formula is C58H50BNO2. The molecule has 2 aliphatic heterocycles. The third-order valence-corrected chi connectivity index (χ3v) is 13.4. The second-order valence-electron chi connectivity index (χ2n) is 18.9. The zero-order valence-electron chi connectivity index (χ0n) is 37.1. The molecule has 0 unspecified atom stereocenters. The largest absolute Gasteiger partial charge is 0.551 e. The number of furan rings is 1. The van der Waals surface area contributed by atoms with Gasteiger partial charge < -0.3 is 14.0 Å². The number of benzene rings is 8. The SMILES string of the molecule is Cc1cc(C)c(-c2ccc(N3c4ccc(-c5c(C)cc(C)cc5C)cc4B4Oc5cc(-c6ccccc6)ccc5-c5c4c3cc3c5oc4ccc(C(C)(C)C)cc43)cc2)c(C)c1. The Morgan fingerprint density at radius 2 is 1.13 bits per heavy atom. The summed E-state index contributed by atoms with van der Waals surface area (Å²) < 4.78 is 14.5. The summed E-state index contributed by atoms with van der Waals surface area (Å²) >= 11 is 0. The van der Waals surface area contributed by atoms with Crippen LogP contribution in [0.2, 0.25) is 0 Å². The molecule has 8 aromatic carbocycles. The molecule has 0 spiro atoms. The number of rotatable bonds is 4. The number of fused-ring (bicyclic) bond motifs is 8. The molecule has 0 amide bonds. The van der Waals surface area contributed by atoms with Crippen LogP contribution in [-0.4, -0.2) is 6.92 Å². The third-order valence-electron chi connectivity index (χ3n) is 13.4. The van der Waals surface area contributed by atoms with Crippen molar-refractivity contribution in [3.8, 4) is 50.3 Å². The Morgan fingerprint density at radius 3 is 1.79 bits per heavy atom. The fraction of sp³-hybridized carbons (Fsp3) is 0.172. The lowest BCUT2D eigenvalue weighted by Crippen LogP contribution is -2.56. The van der Waals surface area contributed by atoms with Crippen LogP contribution in [0.3, 0.4) is 0 Å². The Labute approximate surface area is 365 Å². The van der Waals surface area contributed by atoms with Crippen molar-refractivity contribution in [2.24, 2.45) is 0 Å². The summed E-state index contributed by atoms with van der Waals surface area (Å²) in [5.74, 6) is 0.860. The molecule has 0 bridgehead atoms. The highest BCUT2D eigenvalue weighted by atomic mass is 16.4. The number of aryl methyl sites for hydroxylation is 6. The summed E-state index contributed by atoms with van der Waals surface area (Å²) in [6.07, 6.45) is 0. The van der Waals surface area contributed by atoms with Gasteiger partial charge in [-0.2, -0.15) is 0 Å². The van der Waals surface area contributed by atoms with Crippen molar-refractivity contribution >= 4 is 56.8 Å². The van der Waals surface area contributed by atoms with E-state index in [0.29, 0.717) is 0 Å². The molecule has 11 rings (SSSR count). The molecule has 0 radical (unpaired) electrons. The molecule has 3 nitrogen and oxygen atoms in total. The van der Waals surface area contributed by atoms with Gasteiger partial charge in [0.25, 0.3) is 0 Å². The van der Waals surface area contributed by atoms with E-state index in [1.54, 1.807) is 0 Å². The second-order valence-corrected chi connectivity index (χ2v) is 18.9. The molecule has 2 aliphatic rings. The van der Waals surface area contributed by atoms with Crippen LogP contribution in [-0.2, 0) is 5.41 Å². The van der Waals surface area contributed by atoms with Crippen LogP contribution >= 0.6 is 0 Å². The first kappa shape index (κ1) is 38.2. The molecule has 4 heteroatoms. The van der Waals surface area contributed by atoms with E-state index < -0.39 is 0 Å². The second kappa shape index (κ2) is 13.9. The van der Waals surface area contributed by atoms with Crippen molar-refractivity contribution < 1.29 is 9.07 Å². The van der Waals surface area contributed by atoms with Gasteiger partial charge in [-0.05, 0) is 162 Å². The van der Waals surface area contributed by atoms with Crippen molar-refractivity contribution in [2.75, 3.05) is 4.90 Å². The van der Waals surface area contributed by atoms with Crippen molar-refractivity contribution in [3.05, 3.63) is 178 Å². The average Bonchev–Trinajstić information content (AvgIpc) is 3.61. The van der Waals surface area contributed by atoms with Gasteiger partial charge in [0.2, 0.25) is 0 Å². The predicted molar refractivity (Wildman–Crippen MR) is 263 cm³/mol. The Balaban J connectivity index is 1.21. The molecule has 0 N–H and O–H groups in total. The lowest BCUT2D eigenvalue weighted by atomic mass is 9.49. The highest BCUT2D eigenvalue weighted by Crippen LogP contribution is 2.50. The highest BCUT2D eigenvalue weighted by molar-refractivity contribution is 6.86. The molecule has 3 heterocycles. The number of hydrogen-bond donors (Lipinski definition) is 0. The smallest absolute Gasteiger partial charge is 0.431 e. The van der Waals surface area contributed by atoms with Gasteiger partial charge in [0.05, 0.1) is 0 Å². The molecule has 302 valence electrons. The average molecular weight is 804 g/mol. The summed E-state index contributed by atoms with van der Waals surface area (Å²) in [6.45, 7) is 19.7. The van der Waals surface area contributed by atoms with Crippen LogP contribution in [0.5, 0.6) is 5.75 Å². The van der Waals surface area contributed by atoms with Crippen LogP contribution in [0.25, 0.3) is 66.4 Å². The summed E-state index contributed by atoms with van der Waals surface area (Å²) in [6, 6.07) is 51.8. The maximum Gasteiger partial charge on any atom is 0.431 e. The van der Waals surface area contributed by atoms with Gasteiger partial charge in [-0.1, -0.05) is 123 Å². The normalized spacial score (nSPS) is 13.0. The number of anilines is 3. The predicted octanol–water partition coefficient (Wildman–Crippen LogP) is 14.7. The van der Waals surface area contributed by atoms with E-state index in [-0.39, 0.29) is 12.3 Å². The molecule has 0 fully saturated rings. The first-order valence-electron chi connectivity index (χ1n) is 21.9. The lowest BCUT2D eigenvalue weighted by molar-refractivity contribution is 0.588. The van der Waals surface area contributed by atoms with Crippen LogP contribution in [0.4, 0.5) is 17.1 Å². The van der Waals surface area contributed by atoms with Gasteiger partial charge in [-0.15, -0.1) is 0 Å². The van der Waals surface area contributed by atoms with Crippen molar-refractivity contribution in [1.82, 2.24) is 0 Å². The fourth-order valence-corrected chi connectivity index (χ4v) is 10.7. The monoisotopic (exact) mass is 803 g/mol. The highest BCUT2D eigenvalue weighted by Gasteiger charge is 2.44. The van der Waals surface area contributed by atoms with E-state index in [9.17, 15) is 0 Å². The quantitative estimate of drug-likeness (QED) is 0.166. The van der Waals surface area contributed by atoms with Gasteiger partial charge >= 0.3 is 6.92 Å². The minimum Gasteiger partial charge on any atom is -0.551 e. The molecular weight excluding hydrogens is 753 g/mol. The van der Waals surface area contributed by atoms with Crippen molar-refractivity contribution in [2.45, 2.75) is 67.7 Å². The Morgan fingerprint density at radius 1 is 0.500 bits per heavy atom. The number of nitrogens with zero attached hydrogens (tertiary/aromatic N) is 1. The van der Waals surface area contributed by atoms with Crippen molar-refractivity contribution in [3.63, 3.8) is 0 Å². The Kier molecular flexibility index (Phi) is 8.54.